The van der Waals surface area contributed by atoms with Crippen LogP contribution in [0.3, 0.4) is 0 Å². The molecule has 0 saturated heterocycles. The van der Waals surface area contributed by atoms with Gasteiger partial charge >= 0.3 is 5.97 Å². The molecule has 0 radical (unpaired) electrons. The maximum absolute atomic E-state index is 12.3. The SMILES string of the molecule is C[C@@H](OC(=O)CCc1nc2c(cnn2-c2ccccc2)c(=O)[nH]1)C(=O)NC1CC1. The number of esters is 1. The van der Waals surface area contributed by atoms with Crippen LogP contribution in [0.1, 0.15) is 32.0 Å². The Balaban J connectivity index is 1.44. The van der Waals surface area contributed by atoms with Crippen LogP contribution in [0.15, 0.2) is 41.3 Å². The summed E-state index contributed by atoms with van der Waals surface area (Å²) in [6.45, 7) is 1.54. The highest BCUT2D eigenvalue weighted by atomic mass is 16.5. The van der Waals surface area contributed by atoms with Crippen molar-refractivity contribution in [3.63, 3.8) is 0 Å². The van der Waals surface area contributed by atoms with Gasteiger partial charge in [-0.05, 0) is 31.9 Å². The smallest absolute Gasteiger partial charge is 0.307 e. The molecule has 9 heteroatoms. The zero-order valence-corrected chi connectivity index (χ0v) is 15.9. The van der Waals surface area contributed by atoms with E-state index >= 15 is 0 Å². The molecule has 150 valence electrons. The van der Waals surface area contributed by atoms with E-state index in [1.807, 2.05) is 30.3 Å². The number of nitrogens with one attached hydrogen (secondary N) is 2. The van der Waals surface area contributed by atoms with Crippen LogP contribution >= 0.6 is 0 Å². The molecule has 0 unspecified atom stereocenters. The Morgan fingerprint density at radius 2 is 2.07 bits per heavy atom. The number of aromatic amines is 1. The van der Waals surface area contributed by atoms with Gasteiger partial charge in [0.05, 0.1) is 18.3 Å². The Hall–Kier alpha value is -3.49. The molecular weight excluding hydrogens is 374 g/mol. The molecule has 1 aliphatic carbocycles. The molecule has 9 nitrogen and oxygen atoms in total. The molecule has 1 saturated carbocycles. The van der Waals surface area contributed by atoms with Gasteiger partial charge in [-0.15, -0.1) is 0 Å². The Morgan fingerprint density at radius 1 is 1.31 bits per heavy atom. The Bertz CT molecular complexity index is 1100. The van der Waals surface area contributed by atoms with Gasteiger partial charge < -0.3 is 15.0 Å². The van der Waals surface area contributed by atoms with Gasteiger partial charge in [0.2, 0.25) is 0 Å². The van der Waals surface area contributed by atoms with Crippen LogP contribution in [0.25, 0.3) is 16.7 Å². The number of aryl methyl sites for hydroxylation is 1. The minimum Gasteiger partial charge on any atom is -0.453 e. The molecule has 4 rings (SSSR count). The number of fused-ring (bicyclic) bond motifs is 1. The molecule has 0 spiro atoms. The summed E-state index contributed by atoms with van der Waals surface area (Å²) < 4.78 is 6.75. The summed E-state index contributed by atoms with van der Waals surface area (Å²) in [7, 11) is 0. The average Bonchev–Trinajstić information content (AvgIpc) is 3.42. The highest BCUT2D eigenvalue weighted by Crippen LogP contribution is 2.19. The highest BCUT2D eigenvalue weighted by Gasteiger charge is 2.27. The number of ether oxygens (including phenoxy) is 1. The van der Waals surface area contributed by atoms with Crippen molar-refractivity contribution in [3.8, 4) is 5.69 Å². The number of benzene rings is 1. The van der Waals surface area contributed by atoms with E-state index in [0.29, 0.717) is 16.9 Å². The summed E-state index contributed by atoms with van der Waals surface area (Å²) in [6.07, 6.45) is 2.72. The predicted molar refractivity (Wildman–Crippen MR) is 105 cm³/mol. The van der Waals surface area contributed by atoms with Crippen molar-refractivity contribution in [2.75, 3.05) is 0 Å². The summed E-state index contributed by atoms with van der Waals surface area (Å²) in [5.41, 5.74) is 0.875. The van der Waals surface area contributed by atoms with Crippen molar-refractivity contribution in [3.05, 3.63) is 52.7 Å². The fourth-order valence-corrected chi connectivity index (χ4v) is 2.92. The molecule has 1 aliphatic rings. The number of aromatic nitrogens is 4. The molecule has 1 atom stereocenters. The van der Waals surface area contributed by atoms with E-state index in [9.17, 15) is 14.4 Å². The molecule has 0 aliphatic heterocycles. The highest BCUT2D eigenvalue weighted by molar-refractivity contribution is 5.83. The van der Waals surface area contributed by atoms with E-state index in [4.69, 9.17) is 4.74 Å². The van der Waals surface area contributed by atoms with E-state index in [-0.39, 0.29) is 30.3 Å². The lowest BCUT2D eigenvalue weighted by Gasteiger charge is -2.13. The van der Waals surface area contributed by atoms with Crippen LogP contribution in [-0.2, 0) is 20.7 Å². The molecule has 2 N–H and O–H groups in total. The van der Waals surface area contributed by atoms with E-state index in [1.165, 1.54) is 6.20 Å². The maximum atomic E-state index is 12.3. The maximum Gasteiger partial charge on any atom is 0.307 e. The number of nitrogens with zero attached hydrogens (tertiary/aromatic N) is 3. The molecule has 1 amide bonds. The second kappa shape index (κ2) is 7.86. The largest absolute Gasteiger partial charge is 0.453 e. The van der Waals surface area contributed by atoms with Crippen LogP contribution in [0.4, 0.5) is 0 Å². The summed E-state index contributed by atoms with van der Waals surface area (Å²) >= 11 is 0. The van der Waals surface area contributed by atoms with Gasteiger partial charge in [0.15, 0.2) is 11.8 Å². The normalized spacial score (nSPS) is 14.5. The first-order chi connectivity index (χ1) is 14.0. The molecular formula is C20H21N5O4. The van der Waals surface area contributed by atoms with Gasteiger partial charge in [-0.1, -0.05) is 18.2 Å². The number of para-hydroxylation sites is 1. The molecule has 0 bridgehead atoms. The zero-order chi connectivity index (χ0) is 20.4. The first kappa shape index (κ1) is 18.9. The van der Waals surface area contributed by atoms with Gasteiger partial charge in [-0.2, -0.15) is 5.10 Å². The first-order valence-electron chi connectivity index (χ1n) is 9.53. The van der Waals surface area contributed by atoms with Crippen molar-refractivity contribution >= 4 is 22.9 Å². The third-order valence-corrected chi connectivity index (χ3v) is 4.66. The summed E-state index contributed by atoms with van der Waals surface area (Å²) in [4.78, 5) is 43.4. The minimum absolute atomic E-state index is 0.00499. The zero-order valence-electron chi connectivity index (χ0n) is 15.9. The molecule has 2 heterocycles. The van der Waals surface area contributed by atoms with Crippen LogP contribution in [0.5, 0.6) is 0 Å². The number of amides is 1. The average molecular weight is 395 g/mol. The fourth-order valence-electron chi connectivity index (χ4n) is 2.92. The van der Waals surface area contributed by atoms with Crippen molar-refractivity contribution in [1.29, 1.82) is 0 Å². The molecule has 1 fully saturated rings. The van der Waals surface area contributed by atoms with Gasteiger partial charge in [0.25, 0.3) is 11.5 Å². The lowest BCUT2D eigenvalue weighted by atomic mass is 10.2. The second-order valence-corrected chi connectivity index (χ2v) is 7.06. The van der Waals surface area contributed by atoms with Gasteiger partial charge in [0.1, 0.15) is 11.2 Å². The monoisotopic (exact) mass is 395 g/mol. The predicted octanol–water partition coefficient (Wildman–Crippen LogP) is 1.25. The van der Waals surface area contributed by atoms with Gasteiger partial charge in [0, 0.05) is 12.5 Å². The summed E-state index contributed by atoms with van der Waals surface area (Å²) in [6, 6.07) is 9.55. The van der Waals surface area contributed by atoms with Crippen molar-refractivity contribution in [2.45, 2.75) is 44.8 Å². The van der Waals surface area contributed by atoms with Crippen LogP contribution in [0, 0.1) is 0 Å². The van der Waals surface area contributed by atoms with E-state index in [0.717, 1.165) is 18.5 Å². The van der Waals surface area contributed by atoms with E-state index < -0.39 is 12.1 Å². The molecule has 29 heavy (non-hydrogen) atoms. The number of hydrogen-bond acceptors (Lipinski definition) is 6. The number of carbonyl (C=O) groups excluding carboxylic acids is 2. The third kappa shape index (κ3) is 4.34. The Labute approximate surface area is 166 Å². The quantitative estimate of drug-likeness (QED) is 0.581. The van der Waals surface area contributed by atoms with Crippen LogP contribution in [0.2, 0.25) is 0 Å². The van der Waals surface area contributed by atoms with Crippen LogP contribution in [-0.4, -0.2) is 43.8 Å². The summed E-state index contributed by atoms with van der Waals surface area (Å²) in [5.74, 6) is -0.462. The van der Waals surface area contributed by atoms with Crippen molar-refractivity contribution < 1.29 is 14.3 Å². The third-order valence-electron chi connectivity index (χ3n) is 4.66. The second-order valence-electron chi connectivity index (χ2n) is 7.06. The lowest BCUT2D eigenvalue weighted by molar-refractivity contribution is -0.154. The Morgan fingerprint density at radius 3 is 2.79 bits per heavy atom. The van der Waals surface area contributed by atoms with Gasteiger partial charge in [-0.25, -0.2) is 9.67 Å². The number of rotatable bonds is 7. The molecule has 2 aromatic heterocycles. The standard InChI is InChI=1S/C20H21N5O4/c1-12(19(27)22-13-7-8-13)29-17(26)10-9-16-23-18-15(20(28)24-16)11-21-25(18)14-5-3-2-4-6-14/h2-6,11-13H,7-10H2,1H3,(H,22,27)(H,23,24,28)/t12-/m1/s1. The fraction of sp³-hybridized carbons (Fsp3) is 0.350. The van der Waals surface area contributed by atoms with Crippen molar-refractivity contribution in [2.24, 2.45) is 0 Å². The van der Waals surface area contributed by atoms with E-state index in [2.05, 4.69) is 20.4 Å². The number of carbonyl (C=O) groups is 2. The topological polar surface area (TPSA) is 119 Å². The minimum atomic E-state index is -0.850. The number of hydrogen-bond donors (Lipinski definition) is 2. The lowest BCUT2D eigenvalue weighted by Crippen LogP contribution is -2.37. The van der Waals surface area contributed by atoms with Crippen molar-refractivity contribution in [1.82, 2.24) is 25.1 Å². The van der Waals surface area contributed by atoms with E-state index in [1.54, 1.807) is 11.6 Å². The summed E-state index contributed by atoms with van der Waals surface area (Å²) in [5, 5.41) is 7.41. The van der Waals surface area contributed by atoms with Gasteiger partial charge in [-0.3, -0.25) is 14.4 Å². The molecule has 3 aromatic rings. The number of H-pyrrole nitrogens is 1. The Kier molecular flexibility index (Phi) is 5.11. The molecule has 1 aromatic carbocycles. The van der Waals surface area contributed by atoms with Crippen LogP contribution < -0.4 is 10.9 Å². The first-order valence-corrected chi connectivity index (χ1v) is 9.53.